The number of benzene rings is 1. The van der Waals surface area contributed by atoms with Crippen LogP contribution in [0.25, 0.3) is 6.08 Å². The first-order valence-corrected chi connectivity index (χ1v) is 12.5. The molecule has 8 heteroatoms. The number of anilines is 1. The molecule has 2 aromatic rings. The van der Waals surface area contributed by atoms with E-state index in [-0.39, 0.29) is 6.09 Å². The molecule has 1 aromatic heterocycles. The minimum Gasteiger partial charge on any atom is -0.493 e. The van der Waals surface area contributed by atoms with Gasteiger partial charge in [0.1, 0.15) is 11.4 Å². The summed E-state index contributed by atoms with van der Waals surface area (Å²) in [5.41, 5.74) is 3.67. The highest BCUT2D eigenvalue weighted by Crippen LogP contribution is 2.29. The largest absolute Gasteiger partial charge is 0.493 e. The van der Waals surface area contributed by atoms with E-state index >= 15 is 0 Å². The number of hydrogen-bond acceptors (Lipinski definition) is 6. The van der Waals surface area contributed by atoms with Crippen LogP contribution in [0.2, 0.25) is 0 Å². The number of ether oxygens (including phenoxy) is 2. The summed E-state index contributed by atoms with van der Waals surface area (Å²) in [6.45, 7) is 9.23. The molecular formula is C28H35N3O5. The standard InChI is InChI=1S/C28H35N3O5/c1-28(2,3)36-27(34)31-15-11-21-4-6-24(16-23(21)18-31)35-19-20-9-13-30(14-10-20)25-8-12-29-17-22(25)5-7-26(32)33/h4-8,12,16-17,20H,9-11,13-15,18-19H2,1-3H3,(H,32,33)/b7-5+. The minimum atomic E-state index is -0.972. The van der Waals surface area contributed by atoms with Gasteiger partial charge >= 0.3 is 12.1 Å². The van der Waals surface area contributed by atoms with Crippen molar-refractivity contribution in [1.29, 1.82) is 0 Å². The smallest absolute Gasteiger partial charge is 0.410 e. The average molecular weight is 494 g/mol. The molecule has 8 nitrogen and oxygen atoms in total. The van der Waals surface area contributed by atoms with Crippen LogP contribution in [0.3, 0.4) is 0 Å². The summed E-state index contributed by atoms with van der Waals surface area (Å²) in [5.74, 6) is 0.299. The Bertz CT molecular complexity index is 1120. The normalized spacial score (nSPS) is 16.6. The van der Waals surface area contributed by atoms with Gasteiger partial charge in [0.2, 0.25) is 0 Å². The Balaban J connectivity index is 1.30. The summed E-state index contributed by atoms with van der Waals surface area (Å²) in [5, 5.41) is 8.95. The highest BCUT2D eigenvalue weighted by atomic mass is 16.6. The van der Waals surface area contributed by atoms with Crippen LogP contribution in [0.15, 0.2) is 42.7 Å². The number of piperidine rings is 1. The quantitative estimate of drug-likeness (QED) is 0.580. The van der Waals surface area contributed by atoms with Gasteiger partial charge in [0.05, 0.1) is 6.61 Å². The monoisotopic (exact) mass is 493 g/mol. The van der Waals surface area contributed by atoms with Crippen molar-refractivity contribution in [1.82, 2.24) is 9.88 Å². The fourth-order valence-corrected chi connectivity index (χ4v) is 4.64. The van der Waals surface area contributed by atoms with Gasteiger partial charge in [-0.15, -0.1) is 0 Å². The van der Waals surface area contributed by atoms with Crippen LogP contribution in [0, 0.1) is 5.92 Å². The number of carboxylic acids is 1. The minimum absolute atomic E-state index is 0.276. The van der Waals surface area contributed by atoms with Crippen LogP contribution in [-0.4, -0.2) is 58.9 Å². The van der Waals surface area contributed by atoms with Crippen molar-refractivity contribution in [3.8, 4) is 5.75 Å². The third-order valence-corrected chi connectivity index (χ3v) is 6.52. The summed E-state index contributed by atoms with van der Waals surface area (Å²) in [7, 11) is 0. The van der Waals surface area contributed by atoms with Gasteiger partial charge in [0, 0.05) is 55.9 Å². The lowest BCUT2D eigenvalue weighted by Crippen LogP contribution is -2.39. The van der Waals surface area contributed by atoms with E-state index in [9.17, 15) is 9.59 Å². The molecule has 2 aliphatic rings. The van der Waals surface area contributed by atoms with E-state index in [0.29, 0.717) is 25.6 Å². The lowest BCUT2D eigenvalue weighted by atomic mass is 9.96. The number of hydrogen-bond donors (Lipinski definition) is 1. The molecule has 0 spiro atoms. The number of rotatable bonds is 6. The summed E-state index contributed by atoms with van der Waals surface area (Å²) < 4.78 is 11.7. The molecule has 36 heavy (non-hydrogen) atoms. The number of carbonyl (C=O) groups is 2. The van der Waals surface area contributed by atoms with Crippen molar-refractivity contribution in [2.75, 3.05) is 31.1 Å². The third kappa shape index (κ3) is 6.77. The summed E-state index contributed by atoms with van der Waals surface area (Å²) in [4.78, 5) is 31.6. The van der Waals surface area contributed by atoms with Crippen molar-refractivity contribution in [2.24, 2.45) is 5.92 Å². The molecular weight excluding hydrogens is 458 g/mol. The van der Waals surface area contributed by atoms with Crippen molar-refractivity contribution < 1.29 is 24.2 Å². The highest BCUT2D eigenvalue weighted by molar-refractivity contribution is 5.86. The molecule has 0 bridgehead atoms. The van der Waals surface area contributed by atoms with Gasteiger partial charge in [-0.2, -0.15) is 0 Å². The molecule has 3 heterocycles. The van der Waals surface area contributed by atoms with Crippen LogP contribution in [0.1, 0.15) is 50.3 Å². The molecule has 1 amide bonds. The first-order valence-electron chi connectivity index (χ1n) is 12.5. The number of aromatic nitrogens is 1. The number of aliphatic carboxylic acids is 1. The van der Waals surface area contributed by atoms with E-state index in [1.165, 1.54) is 5.56 Å². The van der Waals surface area contributed by atoms with E-state index in [0.717, 1.165) is 61.0 Å². The first kappa shape index (κ1) is 25.5. The molecule has 0 radical (unpaired) electrons. The average Bonchev–Trinajstić information content (AvgIpc) is 2.85. The van der Waals surface area contributed by atoms with Gasteiger partial charge in [-0.05, 0) is 81.4 Å². The number of nitrogens with zero attached hydrogens (tertiary/aromatic N) is 3. The van der Waals surface area contributed by atoms with Crippen LogP contribution in [0.5, 0.6) is 5.75 Å². The summed E-state index contributed by atoms with van der Waals surface area (Å²) in [6.07, 6.45) is 8.69. The Labute approximate surface area is 212 Å². The van der Waals surface area contributed by atoms with E-state index in [1.807, 2.05) is 32.9 Å². The van der Waals surface area contributed by atoms with Gasteiger partial charge in [-0.1, -0.05) is 6.07 Å². The maximum absolute atomic E-state index is 12.5. The van der Waals surface area contributed by atoms with E-state index in [1.54, 1.807) is 23.4 Å². The molecule has 4 rings (SSSR count). The molecule has 1 saturated heterocycles. The predicted molar refractivity (Wildman–Crippen MR) is 138 cm³/mol. The zero-order chi connectivity index (χ0) is 25.7. The molecule has 2 aliphatic heterocycles. The maximum Gasteiger partial charge on any atom is 0.410 e. The summed E-state index contributed by atoms with van der Waals surface area (Å²) in [6, 6.07) is 8.12. The maximum atomic E-state index is 12.5. The number of fused-ring (bicyclic) bond motifs is 1. The topological polar surface area (TPSA) is 92.2 Å². The van der Waals surface area contributed by atoms with Gasteiger partial charge in [-0.3, -0.25) is 4.98 Å². The lowest BCUT2D eigenvalue weighted by Gasteiger charge is -2.34. The summed E-state index contributed by atoms with van der Waals surface area (Å²) >= 11 is 0. The zero-order valence-electron chi connectivity index (χ0n) is 21.3. The Morgan fingerprint density at radius 1 is 1.14 bits per heavy atom. The van der Waals surface area contributed by atoms with Gasteiger partial charge in [-0.25, -0.2) is 9.59 Å². The SMILES string of the molecule is CC(C)(C)OC(=O)N1CCc2ccc(OCC3CCN(c4ccncc4/C=C/C(=O)O)CC3)cc2C1. The van der Waals surface area contributed by atoms with Crippen molar-refractivity contribution >= 4 is 23.8 Å². The van der Waals surface area contributed by atoms with E-state index in [4.69, 9.17) is 14.6 Å². The molecule has 0 atom stereocenters. The second-order valence-corrected chi connectivity index (χ2v) is 10.4. The second-order valence-electron chi connectivity index (χ2n) is 10.4. The van der Waals surface area contributed by atoms with Gasteiger partial charge in [0.25, 0.3) is 0 Å². The number of pyridine rings is 1. The van der Waals surface area contributed by atoms with Gasteiger partial charge in [0.15, 0.2) is 0 Å². The predicted octanol–water partition coefficient (Wildman–Crippen LogP) is 4.77. The van der Waals surface area contributed by atoms with Crippen LogP contribution < -0.4 is 9.64 Å². The molecule has 0 unspecified atom stereocenters. The Kier molecular flexibility index (Phi) is 7.82. The van der Waals surface area contributed by atoms with Crippen LogP contribution >= 0.6 is 0 Å². The van der Waals surface area contributed by atoms with Crippen LogP contribution in [-0.2, 0) is 22.5 Å². The van der Waals surface area contributed by atoms with Crippen molar-refractivity contribution in [3.63, 3.8) is 0 Å². The number of carboxylic acid groups (broad SMARTS) is 1. The van der Waals surface area contributed by atoms with Gasteiger partial charge < -0.3 is 24.4 Å². The third-order valence-electron chi connectivity index (χ3n) is 6.52. The molecule has 1 N–H and O–H groups in total. The highest BCUT2D eigenvalue weighted by Gasteiger charge is 2.26. The van der Waals surface area contributed by atoms with Crippen molar-refractivity contribution in [3.05, 3.63) is 59.4 Å². The number of carbonyl (C=O) groups excluding carboxylic acids is 1. The Morgan fingerprint density at radius 2 is 1.92 bits per heavy atom. The fraction of sp³-hybridized carbons (Fsp3) is 0.464. The molecule has 192 valence electrons. The van der Waals surface area contributed by atoms with Crippen LogP contribution in [0.4, 0.5) is 10.5 Å². The number of amides is 1. The zero-order valence-corrected chi connectivity index (χ0v) is 21.3. The van der Waals surface area contributed by atoms with Crippen molar-refractivity contribution in [2.45, 2.75) is 52.2 Å². The van der Waals surface area contributed by atoms with E-state index in [2.05, 4.69) is 22.0 Å². The molecule has 1 fully saturated rings. The molecule has 0 saturated carbocycles. The first-order chi connectivity index (χ1) is 17.2. The second kappa shape index (κ2) is 11.0. The Morgan fingerprint density at radius 3 is 2.64 bits per heavy atom. The lowest BCUT2D eigenvalue weighted by molar-refractivity contribution is -0.131. The fourth-order valence-electron chi connectivity index (χ4n) is 4.64. The molecule has 0 aliphatic carbocycles. The van der Waals surface area contributed by atoms with E-state index < -0.39 is 11.6 Å². The Hall–Kier alpha value is -3.55. The molecule has 1 aromatic carbocycles.